The average molecular weight is 388 g/mol. The molecular weight excluding hydrogens is 367 g/mol. The van der Waals surface area contributed by atoms with E-state index in [-0.39, 0.29) is 16.6 Å². The summed E-state index contributed by atoms with van der Waals surface area (Å²) in [5.41, 5.74) is 1.91. The van der Waals surface area contributed by atoms with Gasteiger partial charge in [0.05, 0.1) is 12.0 Å². The molecule has 1 aliphatic rings. The number of nitrogens with one attached hydrogen (secondary N) is 1. The monoisotopic (exact) mass is 388 g/mol. The molecule has 0 unspecified atom stereocenters. The number of methoxy groups -OCH3 is 1. The van der Waals surface area contributed by atoms with Crippen molar-refractivity contribution in [3.8, 4) is 5.75 Å². The molecular formula is C20H21FN2O3S. The summed E-state index contributed by atoms with van der Waals surface area (Å²) in [4.78, 5) is 3.40. The summed E-state index contributed by atoms with van der Waals surface area (Å²) >= 11 is 0. The number of hydrogen-bond donors (Lipinski definition) is 1. The molecule has 1 fully saturated rings. The van der Waals surface area contributed by atoms with Gasteiger partial charge in [-0.25, -0.2) is 12.8 Å². The third-order valence-corrected chi connectivity index (χ3v) is 7.18. The summed E-state index contributed by atoms with van der Waals surface area (Å²) in [7, 11) is -1.96. The molecule has 5 nitrogen and oxygen atoms in total. The Hall–Kier alpha value is -2.38. The molecule has 0 amide bonds. The van der Waals surface area contributed by atoms with Crippen LogP contribution in [0.5, 0.6) is 5.75 Å². The van der Waals surface area contributed by atoms with Crippen molar-refractivity contribution in [2.45, 2.75) is 23.7 Å². The van der Waals surface area contributed by atoms with Gasteiger partial charge < -0.3 is 9.72 Å². The molecule has 3 aromatic rings. The number of aromatic nitrogens is 1. The molecule has 0 atom stereocenters. The summed E-state index contributed by atoms with van der Waals surface area (Å²) in [6.07, 6.45) is 3.39. The molecule has 27 heavy (non-hydrogen) atoms. The van der Waals surface area contributed by atoms with E-state index in [1.807, 2.05) is 6.20 Å². The van der Waals surface area contributed by atoms with Gasteiger partial charge in [-0.15, -0.1) is 0 Å². The molecule has 0 spiro atoms. The molecule has 1 saturated heterocycles. The van der Waals surface area contributed by atoms with Gasteiger partial charge in [0.25, 0.3) is 0 Å². The van der Waals surface area contributed by atoms with Crippen LogP contribution in [0.15, 0.2) is 53.6 Å². The van der Waals surface area contributed by atoms with Crippen LogP contribution in [0.2, 0.25) is 0 Å². The first-order valence-corrected chi connectivity index (χ1v) is 10.3. The zero-order chi connectivity index (χ0) is 19.0. The minimum Gasteiger partial charge on any atom is -0.497 e. The van der Waals surface area contributed by atoms with Crippen LogP contribution in [0.25, 0.3) is 10.9 Å². The van der Waals surface area contributed by atoms with E-state index in [1.54, 1.807) is 41.7 Å². The Morgan fingerprint density at radius 2 is 1.81 bits per heavy atom. The number of hydrogen-bond acceptors (Lipinski definition) is 3. The van der Waals surface area contributed by atoms with Gasteiger partial charge in [0.15, 0.2) is 0 Å². The number of aromatic amines is 1. The minimum absolute atomic E-state index is 0.256. The topological polar surface area (TPSA) is 62.4 Å². The molecule has 0 saturated carbocycles. The van der Waals surface area contributed by atoms with Crippen molar-refractivity contribution in [2.75, 3.05) is 20.2 Å². The Kier molecular flexibility index (Phi) is 4.65. The van der Waals surface area contributed by atoms with Gasteiger partial charge in [-0.1, -0.05) is 0 Å². The second-order valence-corrected chi connectivity index (χ2v) is 8.73. The number of nitrogens with zero attached hydrogens (tertiary/aromatic N) is 1. The van der Waals surface area contributed by atoms with Crippen molar-refractivity contribution >= 4 is 20.9 Å². The normalized spacial score (nSPS) is 16.7. The van der Waals surface area contributed by atoms with E-state index in [2.05, 4.69) is 4.98 Å². The number of rotatable bonds is 4. The van der Waals surface area contributed by atoms with E-state index in [0.717, 1.165) is 29.3 Å². The van der Waals surface area contributed by atoms with Crippen LogP contribution in [0, 0.1) is 5.82 Å². The number of halogens is 1. The van der Waals surface area contributed by atoms with Gasteiger partial charge in [-0.05, 0) is 66.8 Å². The molecule has 2 heterocycles. The van der Waals surface area contributed by atoms with E-state index in [4.69, 9.17) is 4.74 Å². The lowest BCUT2D eigenvalue weighted by molar-refractivity contribution is 0.320. The lowest BCUT2D eigenvalue weighted by atomic mass is 9.90. The molecule has 7 heteroatoms. The Bertz CT molecular complexity index is 1050. The van der Waals surface area contributed by atoms with Gasteiger partial charge in [0.2, 0.25) is 10.0 Å². The summed E-state index contributed by atoms with van der Waals surface area (Å²) < 4.78 is 45.7. The van der Waals surface area contributed by atoms with Gasteiger partial charge in [0.1, 0.15) is 11.6 Å². The van der Waals surface area contributed by atoms with Crippen LogP contribution >= 0.6 is 0 Å². The van der Waals surface area contributed by atoms with Crippen LogP contribution in [0.4, 0.5) is 4.39 Å². The molecule has 1 N–H and O–H groups in total. The number of ether oxygens (including phenoxy) is 1. The maximum atomic E-state index is 13.4. The quantitative estimate of drug-likeness (QED) is 0.738. The molecule has 4 rings (SSSR count). The summed E-state index contributed by atoms with van der Waals surface area (Å²) in [6, 6.07) is 11.2. The highest BCUT2D eigenvalue weighted by Gasteiger charge is 2.30. The van der Waals surface area contributed by atoms with Crippen molar-refractivity contribution in [3.05, 3.63) is 60.0 Å². The van der Waals surface area contributed by atoms with Gasteiger partial charge >= 0.3 is 0 Å². The predicted octanol–water partition coefficient (Wildman–Crippen LogP) is 3.88. The van der Waals surface area contributed by atoms with Crippen molar-refractivity contribution < 1.29 is 17.5 Å². The van der Waals surface area contributed by atoms with Gasteiger partial charge in [-0.3, -0.25) is 0 Å². The van der Waals surface area contributed by atoms with Crippen LogP contribution in [0.1, 0.15) is 24.3 Å². The summed E-state index contributed by atoms with van der Waals surface area (Å²) in [5, 5.41) is 1.01. The molecule has 1 aromatic heterocycles. The van der Waals surface area contributed by atoms with Gasteiger partial charge in [0, 0.05) is 30.2 Å². The smallest absolute Gasteiger partial charge is 0.243 e. The molecule has 2 aromatic carbocycles. The Morgan fingerprint density at radius 3 is 2.48 bits per heavy atom. The first-order chi connectivity index (χ1) is 13.0. The Morgan fingerprint density at radius 1 is 1.11 bits per heavy atom. The van der Waals surface area contributed by atoms with Crippen molar-refractivity contribution in [1.29, 1.82) is 0 Å². The van der Waals surface area contributed by atoms with E-state index in [1.165, 1.54) is 12.1 Å². The highest BCUT2D eigenvalue weighted by atomic mass is 32.2. The predicted molar refractivity (Wildman–Crippen MR) is 102 cm³/mol. The average Bonchev–Trinajstić information content (AvgIpc) is 3.11. The van der Waals surface area contributed by atoms with E-state index in [0.29, 0.717) is 18.8 Å². The van der Waals surface area contributed by atoms with Crippen LogP contribution in [-0.4, -0.2) is 37.9 Å². The highest BCUT2D eigenvalue weighted by molar-refractivity contribution is 7.89. The van der Waals surface area contributed by atoms with Crippen molar-refractivity contribution in [1.82, 2.24) is 9.29 Å². The van der Waals surface area contributed by atoms with Crippen LogP contribution in [0.3, 0.4) is 0 Å². The number of H-pyrrole nitrogens is 1. The van der Waals surface area contributed by atoms with Crippen LogP contribution in [-0.2, 0) is 10.0 Å². The number of sulfonamides is 1. The first-order valence-electron chi connectivity index (χ1n) is 8.90. The number of piperidine rings is 1. The van der Waals surface area contributed by atoms with E-state index >= 15 is 0 Å². The number of fused-ring (bicyclic) bond motifs is 1. The van der Waals surface area contributed by atoms with Crippen LogP contribution < -0.4 is 4.74 Å². The lowest BCUT2D eigenvalue weighted by Gasteiger charge is -2.31. The third kappa shape index (κ3) is 3.33. The molecule has 0 bridgehead atoms. The molecule has 0 aliphatic carbocycles. The zero-order valence-electron chi connectivity index (χ0n) is 15.0. The molecule has 0 radical (unpaired) electrons. The minimum atomic E-state index is -3.51. The highest BCUT2D eigenvalue weighted by Crippen LogP contribution is 2.35. The SMILES string of the molecule is COc1ccc(S(=O)(=O)N2CCC(c3c[nH]c4cc(F)ccc34)CC2)cc1. The lowest BCUT2D eigenvalue weighted by Crippen LogP contribution is -2.37. The second kappa shape index (κ2) is 6.98. The molecule has 142 valence electrons. The van der Waals surface area contributed by atoms with Crippen molar-refractivity contribution in [2.24, 2.45) is 0 Å². The van der Waals surface area contributed by atoms with E-state index in [9.17, 15) is 12.8 Å². The third-order valence-electron chi connectivity index (χ3n) is 5.27. The maximum absolute atomic E-state index is 13.4. The Balaban J connectivity index is 1.50. The van der Waals surface area contributed by atoms with E-state index < -0.39 is 10.0 Å². The zero-order valence-corrected chi connectivity index (χ0v) is 15.8. The van der Waals surface area contributed by atoms with Crippen molar-refractivity contribution in [3.63, 3.8) is 0 Å². The second-order valence-electron chi connectivity index (χ2n) is 6.79. The summed E-state index contributed by atoms with van der Waals surface area (Å²) in [5.74, 6) is 0.617. The maximum Gasteiger partial charge on any atom is 0.243 e. The fraction of sp³-hybridized carbons (Fsp3) is 0.300. The molecule has 1 aliphatic heterocycles. The standard InChI is InChI=1S/C20H21FN2O3S/c1-26-16-3-5-17(6-4-16)27(24,25)23-10-8-14(9-11-23)19-13-22-20-12-15(21)2-7-18(19)20/h2-7,12-14,22H,8-11H2,1H3. The first kappa shape index (κ1) is 18.0. The Labute approximate surface area is 157 Å². The fourth-order valence-electron chi connectivity index (χ4n) is 3.76. The van der Waals surface area contributed by atoms with Gasteiger partial charge in [-0.2, -0.15) is 4.31 Å². The summed E-state index contributed by atoms with van der Waals surface area (Å²) in [6.45, 7) is 0.930. The number of benzene rings is 2. The largest absolute Gasteiger partial charge is 0.497 e. The fourth-order valence-corrected chi connectivity index (χ4v) is 5.23.